The van der Waals surface area contributed by atoms with Crippen LogP contribution in [-0.2, 0) is 14.3 Å². The fourth-order valence-corrected chi connectivity index (χ4v) is 2.21. The average molecular weight is 286 g/mol. The number of carbonyl (C=O) groups excluding carboxylic acids is 3. The average Bonchev–Trinajstić information content (AvgIpc) is 2.80. The molecule has 1 aromatic rings. The lowest BCUT2D eigenvalue weighted by atomic mass is 10.3. The number of carbonyl (C=O) groups is 3. The number of rotatable bonds is 5. The summed E-state index contributed by atoms with van der Waals surface area (Å²) in [6.07, 6.45) is 0. The first-order chi connectivity index (χ1) is 8.90. The highest BCUT2D eigenvalue weighted by molar-refractivity contribution is 7.17. The predicted octanol–water partition coefficient (Wildman–Crippen LogP) is 1.11. The lowest BCUT2D eigenvalue weighted by molar-refractivity contribution is -0.141. The molecule has 0 aliphatic rings. The van der Waals surface area contributed by atoms with Crippen LogP contribution in [0.4, 0.5) is 5.13 Å². The summed E-state index contributed by atoms with van der Waals surface area (Å²) in [5, 5.41) is 3.04. The van der Waals surface area contributed by atoms with Gasteiger partial charge in [-0.25, -0.2) is 14.6 Å². The zero-order chi connectivity index (χ0) is 14.6. The van der Waals surface area contributed by atoms with Crippen molar-refractivity contribution in [3.05, 3.63) is 10.6 Å². The third kappa shape index (κ3) is 3.50. The highest BCUT2D eigenvalue weighted by Gasteiger charge is 2.23. The number of nitrogens with one attached hydrogen (secondary N) is 1. The zero-order valence-corrected chi connectivity index (χ0v) is 11.8. The second kappa shape index (κ2) is 6.28. The van der Waals surface area contributed by atoms with E-state index in [4.69, 9.17) is 0 Å². The van der Waals surface area contributed by atoms with Crippen molar-refractivity contribution in [3.63, 3.8) is 0 Å². The SMILES string of the molecule is COC(=O)c1nc(NC(C)C(=O)OC)sc1C(C)=O. The van der Waals surface area contributed by atoms with Crippen LogP contribution in [0.15, 0.2) is 0 Å². The van der Waals surface area contributed by atoms with Crippen molar-refractivity contribution in [2.24, 2.45) is 0 Å². The second-order valence-corrected chi connectivity index (χ2v) is 4.63. The molecule has 0 aromatic carbocycles. The van der Waals surface area contributed by atoms with E-state index in [9.17, 15) is 14.4 Å². The molecule has 19 heavy (non-hydrogen) atoms. The van der Waals surface area contributed by atoms with Gasteiger partial charge in [-0.3, -0.25) is 4.79 Å². The van der Waals surface area contributed by atoms with Crippen molar-refractivity contribution >= 4 is 34.2 Å². The van der Waals surface area contributed by atoms with Crippen molar-refractivity contribution in [2.75, 3.05) is 19.5 Å². The van der Waals surface area contributed by atoms with Crippen LogP contribution < -0.4 is 5.32 Å². The maximum atomic E-state index is 11.5. The Bertz CT molecular complexity index is 511. The molecule has 0 saturated carbocycles. The number of anilines is 1. The fraction of sp³-hybridized carbons (Fsp3) is 0.455. The van der Waals surface area contributed by atoms with E-state index < -0.39 is 18.0 Å². The van der Waals surface area contributed by atoms with Gasteiger partial charge in [-0.2, -0.15) is 0 Å². The first-order valence-electron chi connectivity index (χ1n) is 5.35. The maximum Gasteiger partial charge on any atom is 0.358 e. The number of ether oxygens (including phenoxy) is 2. The standard InChI is InChI=1S/C11H14N2O5S/c1-5(9(15)17-3)12-11-13-7(10(16)18-4)8(19-11)6(2)14/h5H,1-4H3,(H,12,13). The minimum atomic E-state index is -0.694. The molecule has 8 heteroatoms. The second-order valence-electron chi connectivity index (χ2n) is 3.63. The first-order valence-corrected chi connectivity index (χ1v) is 6.16. The van der Waals surface area contributed by atoms with Gasteiger partial charge in [0, 0.05) is 6.92 Å². The molecule has 0 aliphatic carbocycles. The van der Waals surface area contributed by atoms with Crippen LogP contribution in [0, 0.1) is 0 Å². The molecule has 0 radical (unpaired) electrons. The van der Waals surface area contributed by atoms with E-state index in [1.165, 1.54) is 21.1 Å². The minimum absolute atomic E-state index is 0.0560. The van der Waals surface area contributed by atoms with E-state index in [2.05, 4.69) is 19.8 Å². The summed E-state index contributed by atoms with van der Waals surface area (Å²) in [7, 11) is 2.47. The molecule has 0 amide bonds. The Morgan fingerprint density at radius 3 is 2.37 bits per heavy atom. The minimum Gasteiger partial charge on any atom is -0.467 e. The summed E-state index contributed by atoms with van der Waals surface area (Å²) < 4.78 is 9.10. The Hall–Kier alpha value is -1.96. The van der Waals surface area contributed by atoms with E-state index >= 15 is 0 Å². The normalized spacial score (nSPS) is 11.6. The first kappa shape index (κ1) is 15.1. The van der Waals surface area contributed by atoms with E-state index in [0.29, 0.717) is 0 Å². The van der Waals surface area contributed by atoms with Crippen molar-refractivity contribution in [3.8, 4) is 0 Å². The molecule has 1 N–H and O–H groups in total. The van der Waals surface area contributed by atoms with Crippen molar-refractivity contribution in [1.29, 1.82) is 0 Å². The van der Waals surface area contributed by atoms with Gasteiger partial charge in [0.2, 0.25) is 0 Å². The highest BCUT2D eigenvalue weighted by atomic mass is 32.1. The number of Topliss-reactive ketones (excluding diaryl/α,β-unsaturated/α-hetero) is 1. The Kier molecular flexibility index (Phi) is 4.99. The fourth-order valence-electron chi connectivity index (χ4n) is 1.28. The van der Waals surface area contributed by atoms with Gasteiger partial charge in [-0.15, -0.1) is 0 Å². The van der Waals surface area contributed by atoms with Crippen LogP contribution in [-0.4, -0.2) is 43.0 Å². The lowest BCUT2D eigenvalue weighted by Gasteiger charge is -2.09. The summed E-state index contributed by atoms with van der Waals surface area (Å²) in [6, 6.07) is -0.638. The monoisotopic (exact) mass is 286 g/mol. The number of aromatic nitrogens is 1. The molecule has 1 aromatic heterocycles. The quantitative estimate of drug-likeness (QED) is 0.639. The van der Waals surface area contributed by atoms with Crippen LogP contribution in [0.1, 0.15) is 34.0 Å². The number of ketones is 1. The molecule has 0 saturated heterocycles. The van der Waals surface area contributed by atoms with Gasteiger partial charge in [0.1, 0.15) is 10.9 Å². The van der Waals surface area contributed by atoms with Crippen molar-refractivity contribution in [2.45, 2.75) is 19.9 Å². The third-order valence-electron chi connectivity index (χ3n) is 2.22. The van der Waals surface area contributed by atoms with E-state index in [1.807, 2.05) is 0 Å². The van der Waals surface area contributed by atoms with Crippen LogP contribution in [0.2, 0.25) is 0 Å². The van der Waals surface area contributed by atoms with Crippen LogP contribution in [0.3, 0.4) is 0 Å². The van der Waals surface area contributed by atoms with Crippen molar-refractivity contribution < 1.29 is 23.9 Å². The van der Waals surface area contributed by atoms with Gasteiger partial charge < -0.3 is 14.8 Å². The number of methoxy groups -OCH3 is 2. The number of hydrogen-bond acceptors (Lipinski definition) is 8. The molecule has 104 valence electrons. The Balaban J connectivity index is 3.01. The third-order valence-corrected chi connectivity index (χ3v) is 3.31. The molecule has 1 rings (SSSR count). The molecule has 0 aliphatic heterocycles. The van der Waals surface area contributed by atoms with Gasteiger partial charge in [0.15, 0.2) is 16.6 Å². The number of esters is 2. The van der Waals surface area contributed by atoms with E-state index in [1.54, 1.807) is 6.92 Å². The summed E-state index contributed by atoms with van der Waals surface area (Å²) in [5.74, 6) is -1.46. The number of hydrogen-bond donors (Lipinski definition) is 1. The van der Waals surface area contributed by atoms with Gasteiger partial charge in [0.25, 0.3) is 0 Å². The molecular formula is C11H14N2O5S. The molecule has 1 heterocycles. The zero-order valence-electron chi connectivity index (χ0n) is 11.0. The number of nitrogens with zero attached hydrogens (tertiary/aromatic N) is 1. The Labute approximate surface area is 113 Å². The molecule has 1 atom stereocenters. The largest absolute Gasteiger partial charge is 0.467 e. The molecule has 0 fully saturated rings. The van der Waals surface area contributed by atoms with Gasteiger partial charge in [-0.1, -0.05) is 11.3 Å². The van der Waals surface area contributed by atoms with Gasteiger partial charge in [-0.05, 0) is 6.92 Å². The van der Waals surface area contributed by atoms with Crippen LogP contribution >= 0.6 is 11.3 Å². The van der Waals surface area contributed by atoms with Gasteiger partial charge in [0.05, 0.1) is 14.2 Å². The van der Waals surface area contributed by atoms with Crippen molar-refractivity contribution in [1.82, 2.24) is 4.98 Å². The molecule has 0 spiro atoms. The smallest absolute Gasteiger partial charge is 0.358 e. The van der Waals surface area contributed by atoms with Crippen LogP contribution in [0.5, 0.6) is 0 Å². The maximum absolute atomic E-state index is 11.5. The van der Waals surface area contributed by atoms with Crippen LogP contribution in [0.25, 0.3) is 0 Å². The predicted molar refractivity (Wildman–Crippen MR) is 68.6 cm³/mol. The molecule has 1 unspecified atom stereocenters. The summed E-state index contributed by atoms with van der Waals surface area (Å²) in [4.78, 5) is 38.3. The molecular weight excluding hydrogens is 272 g/mol. The summed E-state index contributed by atoms with van der Waals surface area (Å²) in [5.41, 5.74) is -0.0560. The Morgan fingerprint density at radius 2 is 1.89 bits per heavy atom. The topological polar surface area (TPSA) is 94.6 Å². The van der Waals surface area contributed by atoms with Gasteiger partial charge >= 0.3 is 11.9 Å². The van der Waals surface area contributed by atoms with E-state index in [-0.39, 0.29) is 21.5 Å². The summed E-state index contributed by atoms with van der Waals surface area (Å²) >= 11 is 0.987. The lowest BCUT2D eigenvalue weighted by Crippen LogP contribution is -2.27. The Morgan fingerprint density at radius 1 is 1.26 bits per heavy atom. The summed E-state index contributed by atoms with van der Waals surface area (Å²) in [6.45, 7) is 2.91. The highest BCUT2D eigenvalue weighted by Crippen LogP contribution is 2.24. The number of thiazole rings is 1. The molecule has 7 nitrogen and oxygen atoms in total. The van der Waals surface area contributed by atoms with E-state index in [0.717, 1.165) is 11.3 Å². The molecule has 0 bridgehead atoms.